The molecule has 0 saturated carbocycles. The zero-order valence-corrected chi connectivity index (χ0v) is 14.3. The Hall–Kier alpha value is -1.38. The number of aromatic nitrogens is 3. The van der Waals surface area contributed by atoms with Crippen molar-refractivity contribution in [3.63, 3.8) is 0 Å². The molecule has 0 aromatic carbocycles. The van der Waals surface area contributed by atoms with E-state index in [1.54, 1.807) is 7.05 Å². The lowest BCUT2D eigenvalue weighted by molar-refractivity contribution is 0.692. The molecule has 0 spiro atoms. The van der Waals surface area contributed by atoms with Crippen LogP contribution in [-0.2, 0) is 6.42 Å². The molecule has 110 valence electrons. The molecule has 2 aromatic heterocycles. The quantitative estimate of drug-likeness (QED) is 0.473. The molecule has 2 heterocycles. The summed E-state index contributed by atoms with van der Waals surface area (Å²) in [7, 11) is 1.77. The molecule has 7 heteroatoms. The number of aliphatic imine (C=N–C) groups is 1. The van der Waals surface area contributed by atoms with E-state index in [0.29, 0.717) is 6.04 Å². The van der Waals surface area contributed by atoms with E-state index in [1.165, 1.54) is 0 Å². The Morgan fingerprint density at radius 1 is 1.35 bits per heavy atom. The van der Waals surface area contributed by atoms with Gasteiger partial charge in [-0.25, -0.2) is 0 Å². The molecule has 0 atom stereocenters. The van der Waals surface area contributed by atoms with Crippen molar-refractivity contribution in [2.24, 2.45) is 4.99 Å². The fourth-order valence-electron chi connectivity index (χ4n) is 1.82. The number of hydrogen-bond acceptors (Lipinski definition) is 3. The van der Waals surface area contributed by atoms with Gasteiger partial charge in [-0.1, -0.05) is 6.07 Å². The summed E-state index contributed by atoms with van der Waals surface area (Å²) in [5.74, 6) is 1.76. The van der Waals surface area contributed by atoms with Gasteiger partial charge in [0.05, 0.1) is 0 Å². The summed E-state index contributed by atoms with van der Waals surface area (Å²) < 4.78 is 2.00. The van der Waals surface area contributed by atoms with Gasteiger partial charge < -0.3 is 10.6 Å². The van der Waals surface area contributed by atoms with Crippen molar-refractivity contribution >= 4 is 35.6 Å². The monoisotopic (exact) mass is 388 g/mol. The largest absolute Gasteiger partial charge is 0.356 e. The number of nitrogens with zero attached hydrogens (tertiary/aromatic N) is 4. The number of halogens is 1. The lowest BCUT2D eigenvalue weighted by Crippen LogP contribution is -2.41. The van der Waals surface area contributed by atoms with E-state index < -0.39 is 0 Å². The highest BCUT2D eigenvalue weighted by molar-refractivity contribution is 14.0. The molecular formula is C13H21IN6. The minimum atomic E-state index is 0. The van der Waals surface area contributed by atoms with Crippen LogP contribution in [0.4, 0.5) is 0 Å². The SMILES string of the molecule is CN=C(NCCc1nnc2ccccn12)NC(C)C.I. The fourth-order valence-corrected chi connectivity index (χ4v) is 1.82. The van der Waals surface area contributed by atoms with Crippen molar-refractivity contribution < 1.29 is 0 Å². The van der Waals surface area contributed by atoms with Gasteiger partial charge in [-0.3, -0.25) is 9.39 Å². The van der Waals surface area contributed by atoms with E-state index in [2.05, 4.69) is 39.7 Å². The number of hydrogen-bond donors (Lipinski definition) is 2. The topological polar surface area (TPSA) is 66.6 Å². The fraction of sp³-hybridized carbons (Fsp3) is 0.462. The van der Waals surface area contributed by atoms with Gasteiger partial charge in [-0.2, -0.15) is 0 Å². The summed E-state index contributed by atoms with van der Waals surface area (Å²) in [4.78, 5) is 4.16. The van der Waals surface area contributed by atoms with Crippen LogP contribution in [0.2, 0.25) is 0 Å². The zero-order valence-electron chi connectivity index (χ0n) is 12.0. The summed E-state index contributed by atoms with van der Waals surface area (Å²) >= 11 is 0. The van der Waals surface area contributed by atoms with Gasteiger partial charge >= 0.3 is 0 Å². The van der Waals surface area contributed by atoms with Crippen molar-refractivity contribution in [3.8, 4) is 0 Å². The smallest absolute Gasteiger partial charge is 0.191 e. The highest BCUT2D eigenvalue weighted by atomic mass is 127. The molecule has 2 rings (SSSR count). The van der Waals surface area contributed by atoms with Crippen molar-refractivity contribution in [2.75, 3.05) is 13.6 Å². The second kappa shape index (κ2) is 8.03. The Bertz CT molecular complexity index is 563. The van der Waals surface area contributed by atoms with E-state index in [0.717, 1.165) is 30.4 Å². The van der Waals surface area contributed by atoms with E-state index in [1.807, 2.05) is 28.8 Å². The first kappa shape index (κ1) is 16.7. The summed E-state index contributed by atoms with van der Waals surface area (Å²) in [6.07, 6.45) is 2.77. The second-order valence-electron chi connectivity index (χ2n) is 4.59. The first-order valence-corrected chi connectivity index (χ1v) is 6.46. The Labute approximate surface area is 136 Å². The van der Waals surface area contributed by atoms with Gasteiger partial charge in [0.2, 0.25) is 0 Å². The summed E-state index contributed by atoms with van der Waals surface area (Å²) in [6, 6.07) is 6.25. The Kier molecular flexibility index (Phi) is 6.69. The molecule has 0 aliphatic heterocycles. The molecule has 0 unspecified atom stereocenters. The van der Waals surface area contributed by atoms with Crippen LogP contribution < -0.4 is 10.6 Å². The maximum Gasteiger partial charge on any atom is 0.191 e. The third-order valence-electron chi connectivity index (χ3n) is 2.67. The first-order valence-electron chi connectivity index (χ1n) is 6.46. The molecule has 0 radical (unpaired) electrons. The van der Waals surface area contributed by atoms with Crippen LogP contribution >= 0.6 is 24.0 Å². The van der Waals surface area contributed by atoms with E-state index in [4.69, 9.17) is 0 Å². The number of rotatable bonds is 4. The Morgan fingerprint density at radius 3 is 2.85 bits per heavy atom. The predicted molar refractivity (Wildman–Crippen MR) is 91.7 cm³/mol. The molecule has 0 fully saturated rings. The van der Waals surface area contributed by atoms with Crippen LogP contribution in [0.1, 0.15) is 19.7 Å². The second-order valence-corrected chi connectivity index (χ2v) is 4.59. The third-order valence-corrected chi connectivity index (χ3v) is 2.67. The average molecular weight is 388 g/mol. The number of fused-ring (bicyclic) bond motifs is 1. The lowest BCUT2D eigenvalue weighted by Gasteiger charge is -2.13. The van der Waals surface area contributed by atoms with E-state index in [-0.39, 0.29) is 24.0 Å². The van der Waals surface area contributed by atoms with Crippen LogP contribution in [0.25, 0.3) is 5.65 Å². The molecule has 0 amide bonds. The predicted octanol–water partition coefficient (Wildman–Crippen LogP) is 1.46. The van der Waals surface area contributed by atoms with Gasteiger partial charge in [-0.15, -0.1) is 34.2 Å². The van der Waals surface area contributed by atoms with Crippen LogP contribution in [-0.4, -0.2) is 40.2 Å². The minimum absolute atomic E-state index is 0. The molecule has 0 bridgehead atoms. The summed E-state index contributed by atoms with van der Waals surface area (Å²) in [6.45, 7) is 4.93. The minimum Gasteiger partial charge on any atom is -0.356 e. The van der Waals surface area contributed by atoms with Gasteiger partial charge in [0.25, 0.3) is 0 Å². The normalized spacial score (nSPS) is 11.5. The molecular weight excluding hydrogens is 367 g/mol. The zero-order chi connectivity index (χ0) is 13.7. The molecule has 6 nitrogen and oxygen atoms in total. The standard InChI is InChI=1S/C13H20N6.HI/c1-10(2)16-13(14-3)15-8-7-12-18-17-11-6-4-5-9-19(11)12;/h4-6,9-10H,7-8H2,1-3H3,(H2,14,15,16);1H. The molecule has 0 aliphatic carbocycles. The van der Waals surface area contributed by atoms with Gasteiger partial charge in [0, 0.05) is 32.3 Å². The van der Waals surface area contributed by atoms with Gasteiger partial charge in [-0.05, 0) is 26.0 Å². The number of guanidine groups is 1. The molecule has 2 N–H and O–H groups in total. The summed E-state index contributed by atoms with van der Waals surface area (Å²) in [5, 5.41) is 14.8. The number of nitrogens with one attached hydrogen (secondary N) is 2. The highest BCUT2D eigenvalue weighted by Crippen LogP contribution is 2.02. The maximum absolute atomic E-state index is 4.19. The lowest BCUT2D eigenvalue weighted by atomic mass is 10.4. The van der Waals surface area contributed by atoms with Crippen LogP contribution in [0.15, 0.2) is 29.4 Å². The third kappa shape index (κ3) is 4.32. The number of pyridine rings is 1. The maximum atomic E-state index is 4.19. The van der Waals surface area contributed by atoms with Crippen molar-refractivity contribution in [1.82, 2.24) is 25.2 Å². The van der Waals surface area contributed by atoms with E-state index >= 15 is 0 Å². The van der Waals surface area contributed by atoms with Crippen LogP contribution in [0.5, 0.6) is 0 Å². The van der Waals surface area contributed by atoms with Crippen molar-refractivity contribution in [3.05, 3.63) is 30.2 Å². The van der Waals surface area contributed by atoms with E-state index in [9.17, 15) is 0 Å². The summed E-state index contributed by atoms with van der Waals surface area (Å²) in [5.41, 5.74) is 0.877. The van der Waals surface area contributed by atoms with Gasteiger partial charge in [0.15, 0.2) is 11.6 Å². The van der Waals surface area contributed by atoms with Crippen LogP contribution in [0.3, 0.4) is 0 Å². The van der Waals surface area contributed by atoms with Gasteiger partial charge in [0.1, 0.15) is 5.82 Å². The van der Waals surface area contributed by atoms with Crippen LogP contribution in [0, 0.1) is 0 Å². The Balaban J connectivity index is 0.00000200. The first-order chi connectivity index (χ1) is 9.20. The Morgan fingerprint density at radius 2 is 2.15 bits per heavy atom. The average Bonchev–Trinajstić information content (AvgIpc) is 2.81. The van der Waals surface area contributed by atoms with Crippen molar-refractivity contribution in [2.45, 2.75) is 26.3 Å². The highest BCUT2D eigenvalue weighted by Gasteiger charge is 2.05. The molecule has 2 aromatic rings. The molecule has 0 saturated heterocycles. The molecule has 0 aliphatic rings. The van der Waals surface area contributed by atoms with Crippen molar-refractivity contribution in [1.29, 1.82) is 0 Å². The molecule has 20 heavy (non-hydrogen) atoms.